The van der Waals surface area contributed by atoms with E-state index in [9.17, 15) is 5.21 Å². The molecule has 26 heavy (non-hydrogen) atoms. The van der Waals surface area contributed by atoms with Crippen molar-refractivity contribution in [3.05, 3.63) is 17.4 Å². The molecule has 0 amide bonds. The Bertz CT molecular complexity index is 302. The summed E-state index contributed by atoms with van der Waals surface area (Å²) in [6.45, 7) is 2.98. The van der Waals surface area contributed by atoms with Crippen LogP contribution in [0.15, 0.2) is 12.2 Å². The molecule has 4 heteroatoms. The molecule has 0 aromatic heterocycles. The first kappa shape index (κ1) is 25.6. The van der Waals surface area contributed by atoms with Gasteiger partial charge in [0.2, 0.25) is 0 Å². The van der Waals surface area contributed by atoms with Gasteiger partial charge in [0.1, 0.15) is 13.1 Å². The SMILES string of the molecule is CCCCCCCCC=CCCCCCCCC[N+]([O-])(CCO)CCO. The Morgan fingerprint density at radius 2 is 1.04 bits per heavy atom. The van der Waals surface area contributed by atoms with Crippen molar-refractivity contribution in [2.24, 2.45) is 0 Å². The minimum Gasteiger partial charge on any atom is -0.633 e. The second-order valence-corrected chi connectivity index (χ2v) is 7.61. The molecule has 0 aromatic carbocycles. The Morgan fingerprint density at radius 3 is 1.50 bits per heavy atom. The van der Waals surface area contributed by atoms with E-state index >= 15 is 0 Å². The van der Waals surface area contributed by atoms with E-state index in [-0.39, 0.29) is 26.3 Å². The second-order valence-electron chi connectivity index (χ2n) is 7.61. The Balaban J connectivity index is 3.36. The van der Waals surface area contributed by atoms with Crippen LogP contribution < -0.4 is 0 Å². The highest BCUT2D eigenvalue weighted by atomic mass is 16.5. The molecule has 0 saturated heterocycles. The van der Waals surface area contributed by atoms with Crippen LogP contribution in [0.1, 0.15) is 96.8 Å². The third kappa shape index (κ3) is 17.0. The zero-order valence-electron chi connectivity index (χ0n) is 17.3. The molecule has 0 fully saturated rings. The number of quaternary nitrogens is 1. The molecule has 0 heterocycles. The Hall–Kier alpha value is -0.420. The predicted molar refractivity (Wildman–Crippen MR) is 112 cm³/mol. The van der Waals surface area contributed by atoms with Gasteiger partial charge in [0.05, 0.1) is 19.8 Å². The van der Waals surface area contributed by atoms with Crippen LogP contribution in [0, 0.1) is 5.21 Å². The van der Waals surface area contributed by atoms with Crippen LogP contribution in [0.4, 0.5) is 0 Å². The summed E-state index contributed by atoms with van der Waals surface area (Å²) in [5.41, 5.74) is 0. The van der Waals surface area contributed by atoms with Gasteiger partial charge in [-0.2, -0.15) is 0 Å². The van der Waals surface area contributed by atoms with Gasteiger partial charge in [-0.25, -0.2) is 0 Å². The number of nitrogens with zero attached hydrogens (tertiary/aromatic N) is 1. The largest absolute Gasteiger partial charge is 0.633 e. The van der Waals surface area contributed by atoms with E-state index in [2.05, 4.69) is 19.1 Å². The summed E-state index contributed by atoms with van der Waals surface area (Å²) in [4.78, 5) is 0. The zero-order valence-corrected chi connectivity index (χ0v) is 17.3. The van der Waals surface area contributed by atoms with Gasteiger partial charge in [-0.1, -0.05) is 70.4 Å². The van der Waals surface area contributed by atoms with Crippen LogP contribution in [0.25, 0.3) is 0 Å². The van der Waals surface area contributed by atoms with E-state index in [0.29, 0.717) is 6.54 Å². The van der Waals surface area contributed by atoms with Crippen molar-refractivity contribution in [3.8, 4) is 0 Å². The Kier molecular flexibility index (Phi) is 19.0. The molecule has 156 valence electrons. The van der Waals surface area contributed by atoms with Crippen molar-refractivity contribution in [1.82, 2.24) is 0 Å². The van der Waals surface area contributed by atoms with Crippen molar-refractivity contribution in [2.75, 3.05) is 32.8 Å². The monoisotopic (exact) mass is 371 g/mol. The van der Waals surface area contributed by atoms with Gasteiger partial charge in [0, 0.05) is 0 Å². The number of aliphatic hydroxyl groups is 2. The second kappa shape index (κ2) is 19.3. The molecule has 0 radical (unpaired) electrons. The van der Waals surface area contributed by atoms with E-state index < -0.39 is 4.65 Å². The summed E-state index contributed by atoms with van der Waals surface area (Å²) in [6, 6.07) is 0. The molecule has 2 N–H and O–H groups in total. The Morgan fingerprint density at radius 1 is 0.615 bits per heavy atom. The summed E-state index contributed by atoms with van der Waals surface area (Å²) in [5.74, 6) is 0. The minimum atomic E-state index is -0.448. The minimum absolute atomic E-state index is 0.101. The van der Waals surface area contributed by atoms with Crippen LogP contribution in [0.3, 0.4) is 0 Å². The number of hydrogen-bond donors (Lipinski definition) is 2. The highest BCUT2D eigenvalue weighted by molar-refractivity contribution is 4.81. The summed E-state index contributed by atoms with van der Waals surface area (Å²) >= 11 is 0. The smallest absolute Gasteiger partial charge is 0.102 e. The van der Waals surface area contributed by atoms with Gasteiger partial charge in [-0.15, -0.1) is 0 Å². The third-order valence-electron chi connectivity index (χ3n) is 5.09. The number of allylic oxidation sites excluding steroid dienone is 2. The van der Waals surface area contributed by atoms with E-state index in [4.69, 9.17) is 10.2 Å². The zero-order chi connectivity index (χ0) is 19.3. The summed E-state index contributed by atoms with van der Waals surface area (Å²) in [5, 5.41) is 30.2. The molecule has 0 bridgehead atoms. The fourth-order valence-electron chi connectivity index (χ4n) is 3.35. The lowest BCUT2D eigenvalue weighted by Crippen LogP contribution is -2.47. The summed E-state index contributed by atoms with van der Waals surface area (Å²) < 4.78 is -0.448. The van der Waals surface area contributed by atoms with E-state index in [1.807, 2.05) is 0 Å². The highest BCUT2D eigenvalue weighted by Gasteiger charge is 2.14. The molecule has 4 nitrogen and oxygen atoms in total. The summed E-state index contributed by atoms with van der Waals surface area (Å²) in [6.07, 6.45) is 22.3. The molecule has 0 saturated carbocycles. The molecular formula is C22H45NO3. The number of hydrogen-bond acceptors (Lipinski definition) is 3. The maximum absolute atomic E-state index is 12.3. The Labute approximate surface area is 162 Å². The number of rotatable bonds is 20. The molecular weight excluding hydrogens is 326 g/mol. The maximum atomic E-state index is 12.3. The molecule has 0 atom stereocenters. The average Bonchev–Trinajstić information content (AvgIpc) is 2.62. The lowest BCUT2D eigenvalue weighted by atomic mass is 10.1. The predicted octanol–water partition coefficient (Wildman–Crippen LogP) is 5.32. The van der Waals surface area contributed by atoms with Crippen LogP contribution in [0.5, 0.6) is 0 Å². The normalized spacial score (nSPS) is 12.3. The quantitative estimate of drug-likeness (QED) is 0.132. The highest BCUT2D eigenvalue weighted by Crippen LogP contribution is 2.12. The van der Waals surface area contributed by atoms with Gasteiger partial charge in [-0.05, 0) is 38.5 Å². The van der Waals surface area contributed by atoms with Gasteiger partial charge < -0.3 is 20.1 Å². The first-order valence-electron chi connectivity index (χ1n) is 11.1. The van der Waals surface area contributed by atoms with Crippen LogP contribution in [0.2, 0.25) is 0 Å². The van der Waals surface area contributed by atoms with E-state index in [1.165, 1.54) is 77.0 Å². The van der Waals surface area contributed by atoms with Crippen molar-refractivity contribution in [3.63, 3.8) is 0 Å². The first-order valence-corrected chi connectivity index (χ1v) is 11.1. The van der Waals surface area contributed by atoms with Crippen molar-refractivity contribution in [2.45, 2.75) is 96.8 Å². The third-order valence-corrected chi connectivity index (χ3v) is 5.09. The molecule has 0 spiro atoms. The van der Waals surface area contributed by atoms with Crippen molar-refractivity contribution < 1.29 is 14.9 Å². The molecule has 0 unspecified atom stereocenters. The fraction of sp³-hybridized carbons (Fsp3) is 0.909. The maximum Gasteiger partial charge on any atom is 0.102 e. The molecule has 0 aliphatic rings. The van der Waals surface area contributed by atoms with Crippen LogP contribution >= 0.6 is 0 Å². The van der Waals surface area contributed by atoms with Gasteiger partial charge in [-0.3, -0.25) is 0 Å². The topological polar surface area (TPSA) is 63.5 Å². The number of unbranched alkanes of at least 4 members (excludes halogenated alkanes) is 12. The molecule has 0 aliphatic heterocycles. The van der Waals surface area contributed by atoms with E-state index in [1.54, 1.807) is 0 Å². The lowest BCUT2D eigenvalue weighted by Gasteiger charge is -2.42. The molecule has 0 rings (SSSR count). The number of hydroxylamine groups is 3. The summed E-state index contributed by atoms with van der Waals surface area (Å²) in [7, 11) is 0. The van der Waals surface area contributed by atoms with Gasteiger partial charge in [0.15, 0.2) is 0 Å². The van der Waals surface area contributed by atoms with Crippen LogP contribution in [-0.4, -0.2) is 47.7 Å². The first-order chi connectivity index (χ1) is 12.7. The fourth-order valence-corrected chi connectivity index (χ4v) is 3.35. The van der Waals surface area contributed by atoms with Gasteiger partial charge in [0.25, 0.3) is 0 Å². The van der Waals surface area contributed by atoms with Crippen LogP contribution in [-0.2, 0) is 0 Å². The van der Waals surface area contributed by atoms with Crippen molar-refractivity contribution in [1.29, 1.82) is 0 Å². The van der Waals surface area contributed by atoms with Gasteiger partial charge >= 0.3 is 0 Å². The molecule has 0 aliphatic carbocycles. The molecule has 0 aromatic rings. The standard InChI is InChI=1S/C22H45NO3/c1-2-3-4-5-6-7-8-9-10-11-12-13-14-15-16-17-18-23(26,19-21-24)20-22-25/h9-10,24-25H,2-8,11-22H2,1H3. The average molecular weight is 372 g/mol. The lowest BCUT2D eigenvalue weighted by molar-refractivity contribution is -0.881. The number of aliphatic hydroxyl groups excluding tert-OH is 2. The van der Waals surface area contributed by atoms with E-state index in [0.717, 1.165) is 12.8 Å². The van der Waals surface area contributed by atoms with Crippen molar-refractivity contribution >= 4 is 0 Å².